The zero-order chi connectivity index (χ0) is 101. The number of hydrogen-bond acceptors (Lipinski definition) is 20. The third kappa shape index (κ3) is 22.2. The smallest absolute Gasteiger partial charge is 0.434 e. The molecule has 4 aliphatic carbocycles. The van der Waals surface area contributed by atoms with E-state index in [0.717, 1.165) is 37.1 Å². The number of rotatable bonds is 36. The number of allylic oxidation sites excluding steroid dienone is 2. The van der Waals surface area contributed by atoms with Gasteiger partial charge in [0.1, 0.15) is 93.3 Å². The number of ether oxygens (including phenoxy) is 10. The Balaban J connectivity index is 0.952. The molecule has 2 aliphatic heterocycles. The highest BCUT2D eigenvalue weighted by atomic mass is 19.4. The van der Waals surface area contributed by atoms with E-state index in [4.69, 9.17) is 42.6 Å². The lowest BCUT2D eigenvalue weighted by Gasteiger charge is -2.36. The summed E-state index contributed by atoms with van der Waals surface area (Å²) in [6.07, 6.45) is -13.7. The molecule has 2 N–H and O–H groups in total. The number of fused-ring (bicyclic) bond motifs is 2. The second-order valence-corrected chi connectivity index (χ2v) is 36.8. The van der Waals surface area contributed by atoms with Gasteiger partial charge in [-0.3, -0.25) is 48.2 Å². The minimum atomic E-state index is -6.33. The van der Waals surface area contributed by atoms with Crippen LogP contribution in [0.15, 0.2) is 233 Å². The van der Waals surface area contributed by atoms with E-state index in [1.165, 1.54) is 115 Å². The highest BCUT2D eigenvalue weighted by Crippen LogP contribution is 2.59. The SMILES string of the molecule is C=CC(=O)CC1CCCC(Oc2ccc(Oc3cc4c5c(cc(Oc6ccc(OC7CCCC(CC(=O)C=C)C7)cc6)c6c7c(Oc8ccc(OC9CCCC(NC(=O)C=C)C9)cc8)cc8c9c(cc(Oc%10ccc(OC%11CCCC(NC(=O)C=C)C%11)cc%10)c(c3c56)c97)C(=O)N(C(Cc3ccccc3)C(=O)OC(C)C(F)(F)F)C8=O)C(=O)N(C(Cc3ccccc3)C(=O)OC(C(F)(F)F)C(F)(F)F)C4=O)cc2)C1. The normalized spacial score (nSPS) is 19.9. The van der Waals surface area contributed by atoms with Gasteiger partial charge >= 0.3 is 30.5 Å². The molecule has 2 heterocycles. The summed E-state index contributed by atoms with van der Waals surface area (Å²) in [6, 6.07) is 38.2. The summed E-state index contributed by atoms with van der Waals surface area (Å²) in [5.41, 5.74) is -1.97. The zero-order valence-electron chi connectivity index (χ0n) is 77.5. The lowest BCUT2D eigenvalue weighted by Crippen LogP contribution is -2.55. The fourth-order valence-corrected chi connectivity index (χ4v) is 20.2. The lowest BCUT2D eigenvalue weighted by atomic mass is 9.80. The summed E-state index contributed by atoms with van der Waals surface area (Å²) >= 11 is 0. The Morgan fingerprint density at radius 2 is 0.643 bits per heavy atom. The van der Waals surface area contributed by atoms with Crippen molar-refractivity contribution in [2.45, 2.75) is 215 Å². The highest BCUT2D eigenvalue weighted by molar-refractivity contribution is 6.45. The summed E-state index contributed by atoms with van der Waals surface area (Å²) in [7, 11) is 0. The summed E-state index contributed by atoms with van der Waals surface area (Å²) in [4.78, 5) is 149. The van der Waals surface area contributed by atoms with E-state index in [1.54, 1.807) is 66.7 Å². The van der Waals surface area contributed by atoms with Crippen LogP contribution in [0.4, 0.5) is 39.5 Å². The molecule has 742 valence electrons. The topological polar surface area (TPSA) is 294 Å². The van der Waals surface area contributed by atoms with Crippen molar-refractivity contribution in [3.8, 4) is 69.0 Å². The molecule has 0 saturated heterocycles. The number of carbonyl (C=O) groups is 10. The first kappa shape index (κ1) is 99.5. The summed E-state index contributed by atoms with van der Waals surface area (Å²) in [5.74, 6) is -11.5. The monoisotopic (exact) mass is 1970 g/mol. The first-order valence-electron chi connectivity index (χ1n) is 47.3. The molecule has 0 radical (unpaired) electrons. The van der Waals surface area contributed by atoms with Gasteiger partial charge in [-0.1, -0.05) is 87.0 Å². The van der Waals surface area contributed by atoms with Crippen LogP contribution in [0, 0.1) is 11.8 Å². The Kier molecular flexibility index (Phi) is 29.2. The largest absolute Gasteiger partial charge is 0.490 e. The van der Waals surface area contributed by atoms with Crippen LogP contribution in [0.3, 0.4) is 0 Å². The molecular formula is C110H99F9N4O20. The highest BCUT2D eigenvalue weighted by Gasteiger charge is 2.61. The van der Waals surface area contributed by atoms with E-state index in [9.17, 15) is 58.7 Å². The van der Waals surface area contributed by atoms with Crippen LogP contribution in [-0.4, -0.2) is 148 Å². The molecule has 11 aromatic carbocycles. The van der Waals surface area contributed by atoms with Crippen molar-refractivity contribution >= 4 is 102 Å². The quantitative estimate of drug-likeness (QED) is 0.00921. The minimum absolute atomic E-state index is 0.00217. The van der Waals surface area contributed by atoms with Crippen LogP contribution in [0.2, 0.25) is 0 Å². The van der Waals surface area contributed by atoms with Crippen molar-refractivity contribution in [2.75, 3.05) is 0 Å². The Labute approximate surface area is 814 Å². The predicted octanol–water partition coefficient (Wildman–Crippen LogP) is 23.0. The van der Waals surface area contributed by atoms with Crippen LogP contribution >= 0.6 is 0 Å². The van der Waals surface area contributed by atoms with Crippen molar-refractivity contribution < 1.29 is 135 Å². The van der Waals surface area contributed by atoms with Crippen molar-refractivity contribution in [2.24, 2.45) is 11.8 Å². The molecule has 143 heavy (non-hydrogen) atoms. The number of halogens is 9. The molecule has 11 aromatic rings. The second-order valence-electron chi connectivity index (χ2n) is 36.8. The average Bonchev–Trinajstić information content (AvgIpc) is 0.668. The van der Waals surface area contributed by atoms with Gasteiger partial charge in [-0.25, -0.2) is 9.59 Å². The van der Waals surface area contributed by atoms with Gasteiger partial charge in [0.2, 0.25) is 11.8 Å². The second kappa shape index (κ2) is 42.0. The Morgan fingerprint density at radius 3 is 0.930 bits per heavy atom. The number of esters is 2. The number of nitrogens with zero attached hydrogens (tertiary/aromatic N) is 2. The number of amides is 6. The molecular weight excluding hydrogens is 1870 g/mol. The van der Waals surface area contributed by atoms with Gasteiger partial charge in [-0.05, 0) is 265 Å². The third-order valence-electron chi connectivity index (χ3n) is 26.9. The molecule has 0 bridgehead atoms. The number of benzene rings is 11. The summed E-state index contributed by atoms with van der Waals surface area (Å²) < 4.78 is 199. The fourth-order valence-electron chi connectivity index (χ4n) is 20.2. The van der Waals surface area contributed by atoms with Gasteiger partial charge in [-0.2, -0.15) is 39.5 Å². The van der Waals surface area contributed by atoms with E-state index in [-0.39, 0.29) is 154 Å². The number of carbonyl (C=O) groups excluding carboxylic acids is 10. The molecule has 0 aromatic heterocycles. The Hall–Kier alpha value is -15.1. The Morgan fingerprint density at radius 1 is 0.357 bits per heavy atom. The van der Waals surface area contributed by atoms with Crippen molar-refractivity contribution in [1.82, 2.24) is 20.4 Å². The van der Waals surface area contributed by atoms with Gasteiger partial charge in [0, 0.05) is 93.7 Å². The molecule has 6 aliphatic rings. The van der Waals surface area contributed by atoms with E-state index < -0.39 is 149 Å². The molecule has 0 spiro atoms. The first-order chi connectivity index (χ1) is 68.5. The standard InChI is InChI=1S/C110H99F9N4O20/c1-6-67(124)48-63-24-16-28-77(50-63)135-69-32-40-73(41-33-69)139-89-58-83-94-84(104(131)123(103(83)130)86(53-62-22-14-11-15-23-62)106(133)143-107(109(114,115)116)110(117,118)119)59-90(140-74-42-34-70(35-43-74)136-78-29-17-25-64(51-78)49-68(125)7-2)98-96-88(142-76-46-38-72(39-47-76)138-80-31-19-27-66(55-80)121-92(127)9-4)57-82-93-81(101(128)122(102(82)129)85(52-61-20-12-10-13-21-61)105(132)134-60(5)108(111,112)113)56-87(95(99(93)96)97(89)100(94)98)141-75-44-36-71(37-45-75)137-79-30-18-26-65(54-79)120-91(126)8-3/h6-15,20-23,32-47,56-60,63-66,77-80,85-86,107H,1-4,16-19,24-31,48-55H2,5H3,(H,120,126)(H,121,127). The third-order valence-corrected chi connectivity index (χ3v) is 26.9. The molecule has 17 rings (SSSR count). The number of imide groups is 2. The van der Waals surface area contributed by atoms with Crippen LogP contribution in [0.25, 0.3) is 43.1 Å². The maximum absolute atomic E-state index is 16.8. The minimum Gasteiger partial charge on any atom is -0.490 e. The molecule has 11 atom stereocenters. The average molecular weight is 1970 g/mol. The molecule has 4 fully saturated rings. The molecule has 11 unspecified atom stereocenters. The number of ketones is 2. The maximum Gasteiger partial charge on any atom is 0.434 e. The van der Waals surface area contributed by atoms with Crippen LogP contribution in [0.1, 0.15) is 175 Å². The van der Waals surface area contributed by atoms with E-state index in [2.05, 4.69) is 41.7 Å². The van der Waals surface area contributed by atoms with Crippen molar-refractivity contribution in [3.63, 3.8) is 0 Å². The fraction of sp³-hybridized carbons (Fsp3) is 0.327. The molecule has 24 nitrogen and oxygen atoms in total. The van der Waals surface area contributed by atoms with Gasteiger partial charge in [-0.15, -0.1) is 0 Å². The van der Waals surface area contributed by atoms with E-state index in [1.807, 2.05) is 0 Å². The molecule has 4 saturated carbocycles. The lowest BCUT2D eigenvalue weighted by molar-refractivity contribution is -0.314. The van der Waals surface area contributed by atoms with Crippen LogP contribution in [-0.2, 0) is 51.1 Å². The van der Waals surface area contributed by atoms with Crippen molar-refractivity contribution in [1.29, 1.82) is 0 Å². The van der Waals surface area contributed by atoms with Crippen molar-refractivity contribution in [3.05, 3.63) is 266 Å². The first-order valence-corrected chi connectivity index (χ1v) is 47.3. The van der Waals surface area contributed by atoms with E-state index >= 15 is 28.8 Å². The maximum atomic E-state index is 16.8. The number of hydrogen-bond donors (Lipinski definition) is 2. The summed E-state index contributed by atoms with van der Waals surface area (Å²) in [5, 5.41) is 4.00. The Bertz CT molecular complexity index is 6220. The molecule has 6 amide bonds. The van der Waals surface area contributed by atoms with Gasteiger partial charge in [0.05, 0.1) is 34.5 Å². The van der Waals surface area contributed by atoms with Gasteiger partial charge < -0.3 is 58.0 Å². The van der Waals surface area contributed by atoms with Gasteiger partial charge in [0.25, 0.3) is 29.7 Å². The van der Waals surface area contributed by atoms with Crippen LogP contribution < -0.4 is 48.5 Å². The summed E-state index contributed by atoms with van der Waals surface area (Å²) in [6.45, 7) is 15.0. The van der Waals surface area contributed by atoms with Crippen LogP contribution in [0.5, 0.6) is 69.0 Å². The predicted molar refractivity (Wildman–Crippen MR) is 509 cm³/mol. The van der Waals surface area contributed by atoms with Gasteiger partial charge in [0.15, 0.2) is 17.7 Å². The molecule has 33 heteroatoms. The number of alkyl halides is 9. The zero-order valence-corrected chi connectivity index (χ0v) is 77.5. The van der Waals surface area contributed by atoms with E-state index in [0.29, 0.717) is 125 Å². The number of nitrogens with one attached hydrogen (secondary N) is 2.